The van der Waals surface area contributed by atoms with Crippen molar-refractivity contribution in [3.63, 3.8) is 0 Å². The predicted octanol–water partition coefficient (Wildman–Crippen LogP) is 4.20. The molecular formula is C17H17BrN2O. The Morgan fingerprint density at radius 1 is 1.19 bits per heavy atom. The second kappa shape index (κ2) is 5.90. The normalized spacial score (nSPS) is 11.0. The van der Waals surface area contributed by atoms with Crippen molar-refractivity contribution in [3.8, 4) is 5.75 Å². The Hall–Kier alpha value is -1.81. The molecule has 0 fully saturated rings. The zero-order valence-corrected chi connectivity index (χ0v) is 13.7. The van der Waals surface area contributed by atoms with Crippen molar-refractivity contribution < 1.29 is 4.74 Å². The Balaban J connectivity index is 1.85. The van der Waals surface area contributed by atoms with E-state index in [1.165, 1.54) is 11.1 Å². The van der Waals surface area contributed by atoms with E-state index in [1.54, 1.807) is 7.11 Å². The van der Waals surface area contributed by atoms with Gasteiger partial charge in [-0.15, -0.1) is 0 Å². The van der Waals surface area contributed by atoms with Crippen molar-refractivity contribution >= 4 is 21.4 Å². The van der Waals surface area contributed by atoms with Crippen molar-refractivity contribution in [1.82, 2.24) is 9.38 Å². The first kappa shape index (κ1) is 14.1. The molecule has 0 saturated heterocycles. The smallest absolute Gasteiger partial charge is 0.132 e. The molecule has 0 radical (unpaired) electrons. The number of nitrogens with zero attached hydrogens (tertiary/aromatic N) is 2. The summed E-state index contributed by atoms with van der Waals surface area (Å²) in [6, 6.07) is 12.4. The maximum absolute atomic E-state index is 5.27. The van der Waals surface area contributed by atoms with Gasteiger partial charge in [0, 0.05) is 12.6 Å². The molecule has 3 rings (SSSR count). The van der Waals surface area contributed by atoms with Gasteiger partial charge >= 0.3 is 0 Å². The summed E-state index contributed by atoms with van der Waals surface area (Å²) < 4.78 is 8.33. The van der Waals surface area contributed by atoms with Crippen LogP contribution in [0, 0.1) is 6.92 Å². The molecule has 0 aliphatic rings. The number of hydrogen-bond acceptors (Lipinski definition) is 2. The number of methoxy groups -OCH3 is 1. The number of aromatic nitrogens is 2. The Bertz CT molecular complexity index is 780. The van der Waals surface area contributed by atoms with Crippen LogP contribution in [-0.2, 0) is 12.8 Å². The van der Waals surface area contributed by atoms with Gasteiger partial charge < -0.3 is 9.14 Å². The van der Waals surface area contributed by atoms with Crippen molar-refractivity contribution in [3.05, 3.63) is 64.1 Å². The standard InChI is InChI=1S/C17H17BrN2O/c1-12-8-9-20-15(10-12)17(18)19-16(20)7-6-13-4-3-5-14(11-13)21-2/h3-5,8-11H,6-7H2,1-2H3. The van der Waals surface area contributed by atoms with E-state index >= 15 is 0 Å². The van der Waals surface area contributed by atoms with E-state index in [0.29, 0.717) is 0 Å². The third-order valence-corrected chi connectivity index (χ3v) is 4.18. The zero-order valence-electron chi connectivity index (χ0n) is 12.1. The Labute approximate surface area is 132 Å². The van der Waals surface area contributed by atoms with Gasteiger partial charge in [0.05, 0.1) is 12.6 Å². The second-order valence-corrected chi connectivity index (χ2v) is 5.88. The summed E-state index contributed by atoms with van der Waals surface area (Å²) >= 11 is 3.55. The summed E-state index contributed by atoms with van der Waals surface area (Å²) in [6.45, 7) is 2.09. The van der Waals surface area contributed by atoms with E-state index in [4.69, 9.17) is 4.74 Å². The van der Waals surface area contributed by atoms with Crippen molar-refractivity contribution in [2.24, 2.45) is 0 Å². The molecule has 3 nitrogen and oxygen atoms in total. The van der Waals surface area contributed by atoms with E-state index in [0.717, 1.165) is 34.5 Å². The lowest BCUT2D eigenvalue weighted by Crippen LogP contribution is -1.98. The van der Waals surface area contributed by atoms with Gasteiger partial charge in [-0.25, -0.2) is 4.98 Å². The van der Waals surface area contributed by atoms with Gasteiger partial charge in [0.15, 0.2) is 0 Å². The lowest BCUT2D eigenvalue weighted by Gasteiger charge is -2.05. The van der Waals surface area contributed by atoms with Gasteiger partial charge in [-0.1, -0.05) is 12.1 Å². The quantitative estimate of drug-likeness (QED) is 0.709. The molecule has 0 unspecified atom stereocenters. The molecule has 108 valence electrons. The molecule has 2 aromatic heterocycles. The maximum Gasteiger partial charge on any atom is 0.132 e. The fourth-order valence-electron chi connectivity index (χ4n) is 2.47. The van der Waals surface area contributed by atoms with Crippen molar-refractivity contribution in [1.29, 1.82) is 0 Å². The number of imidazole rings is 1. The molecule has 0 spiro atoms. The Morgan fingerprint density at radius 3 is 2.86 bits per heavy atom. The molecule has 0 aliphatic heterocycles. The fourth-order valence-corrected chi connectivity index (χ4v) is 2.98. The van der Waals surface area contributed by atoms with E-state index in [9.17, 15) is 0 Å². The maximum atomic E-state index is 5.27. The molecule has 0 atom stereocenters. The van der Waals surface area contributed by atoms with Gasteiger partial charge in [0.2, 0.25) is 0 Å². The average Bonchev–Trinajstić information content (AvgIpc) is 2.81. The SMILES string of the molecule is COc1cccc(CCc2nc(Br)c3cc(C)ccn23)c1. The molecule has 0 aliphatic carbocycles. The highest BCUT2D eigenvalue weighted by Gasteiger charge is 2.09. The van der Waals surface area contributed by atoms with Crippen LogP contribution in [0.4, 0.5) is 0 Å². The molecule has 3 aromatic rings. The number of rotatable bonds is 4. The van der Waals surface area contributed by atoms with Crippen LogP contribution < -0.4 is 4.74 Å². The van der Waals surface area contributed by atoms with Crippen LogP contribution in [0.5, 0.6) is 5.75 Å². The number of pyridine rings is 1. The third kappa shape index (κ3) is 2.95. The van der Waals surface area contributed by atoms with Crippen LogP contribution in [0.2, 0.25) is 0 Å². The van der Waals surface area contributed by atoms with Gasteiger partial charge in [-0.05, 0) is 64.7 Å². The zero-order chi connectivity index (χ0) is 14.8. The molecule has 4 heteroatoms. The van der Waals surface area contributed by atoms with Gasteiger partial charge in [0.25, 0.3) is 0 Å². The van der Waals surface area contributed by atoms with E-state index in [2.05, 4.69) is 62.7 Å². The lowest BCUT2D eigenvalue weighted by atomic mass is 10.1. The molecular weight excluding hydrogens is 328 g/mol. The van der Waals surface area contributed by atoms with Gasteiger partial charge in [-0.3, -0.25) is 0 Å². The first-order chi connectivity index (χ1) is 10.2. The summed E-state index contributed by atoms with van der Waals surface area (Å²) in [6.07, 6.45) is 3.92. The van der Waals surface area contributed by atoms with Crippen LogP contribution >= 0.6 is 15.9 Å². The minimum atomic E-state index is 0.892. The predicted molar refractivity (Wildman–Crippen MR) is 88.0 cm³/mol. The minimum absolute atomic E-state index is 0.892. The largest absolute Gasteiger partial charge is 0.497 e. The number of hydrogen-bond donors (Lipinski definition) is 0. The van der Waals surface area contributed by atoms with Crippen LogP contribution in [-0.4, -0.2) is 16.5 Å². The summed E-state index contributed by atoms with van der Waals surface area (Å²) in [5, 5.41) is 0. The number of ether oxygens (including phenoxy) is 1. The van der Waals surface area contributed by atoms with Crippen molar-refractivity contribution in [2.75, 3.05) is 7.11 Å². The summed E-state index contributed by atoms with van der Waals surface area (Å²) in [4.78, 5) is 4.64. The van der Waals surface area contributed by atoms with Crippen LogP contribution in [0.1, 0.15) is 17.0 Å². The molecule has 0 N–H and O–H groups in total. The monoisotopic (exact) mass is 344 g/mol. The van der Waals surface area contributed by atoms with Crippen LogP contribution in [0.3, 0.4) is 0 Å². The van der Waals surface area contributed by atoms with Crippen LogP contribution in [0.25, 0.3) is 5.52 Å². The summed E-state index contributed by atoms with van der Waals surface area (Å²) in [5.74, 6) is 1.97. The summed E-state index contributed by atoms with van der Waals surface area (Å²) in [5.41, 5.74) is 3.62. The van der Waals surface area contributed by atoms with E-state index < -0.39 is 0 Å². The Morgan fingerprint density at radius 2 is 2.05 bits per heavy atom. The number of halogens is 1. The third-order valence-electron chi connectivity index (χ3n) is 3.60. The number of fused-ring (bicyclic) bond motifs is 1. The first-order valence-corrected chi connectivity index (χ1v) is 7.72. The molecule has 0 amide bonds. The lowest BCUT2D eigenvalue weighted by molar-refractivity contribution is 0.414. The number of benzene rings is 1. The fraction of sp³-hybridized carbons (Fsp3) is 0.235. The molecule has 21 heavy (non-hydrogen) atoms. The molecule has 0 bridgehead atoms. The Kier molecular flexibility index (Phi) is 3.97. The minimum Gasteiger partial charge on any atom is -0.497 e. The van der Waals surface area contributed by atoms with E-state index in [-0.39, 0.29) is 0 Å². The average molecular weight is 345 g/mol. The summed E-state index contributed by atoms with van der Waals surface area (Å²) in [7, 11) is 1.70. The van der Waals surface area contributed by atoms with Gasteiger partial charge in [0.1, 0.15) is 16.2 Å². The topological polar surface area (TPSA) is 26.5 Å². The van der Waals surface area contributed by atoms with Gasteiger partial charge in [-0.2, -0.15) is 0 Å². The van der Waals surface area contributed by atoms with Crippen LogP contribution in [0.15, 0.2) is 47.2 Å². The highest BCUT2D eigenvalue weighted by atomic mass is 79.9. The van der Waals surface area contributed by atoms with Crippen molar-refractivity contribution in [2.45, 2.75) is 19.8 Å². The van der Waals surface area contributed by atoms with E-state index in [1.807, 2.05) is 12.1 Å². The first-order valence-electron chi connectivity index (χ1n) is 6.93. The molecule has 1 aromatic carbocycles. The number of aryl methyl sites for hydroxylation is 3. The molecule has 2 heterocycles. The highest BCUT2D eigenvalue weighted by Crippen LogP contribution is 2.21. The highest BCUT2D eigenvalue weighted by molar-refractivity contribution is 9.10. The molecule has 0 saturated carbocycles. The second-order valence-electron chi connectivity index (χ2n) is 5.13.